The molecule has 1 aliphatic rings. The number of hydrogen-bond acceptors (Lipinski definition) is 4. The molecule has 1 aromatic carbocycles. The Hall–Kier alpha value is -2.06. The minimum absolute atomic E-state index is 0.0109. The molecule has 2 N–H and O–H groups in total. The van der Waals surface area contributed by atoms with Crippen molar-refractivity contribution in [2.24, 2.45) is 11.7 Å². The minimum Gasteiger partial charge on any atom is -0.495 e. The highest BCUT2D eigenvalue weighted by Crippen LogP contribution is 2.22. The van der Waals surface area contributed by atoms with Crippen LogP contribution in [0.3, 0.4) is 0 Å². The molecule has 2 rings (SSSR count). The van der Waals surface area contributed by atoms with Crippen LogP contribution in [0.15, 0.2) is 18.2 Å². The third-order valence-corrected chi connectivity index (χ3v) is 3.78. The number of methoxy groups -OCH3 is 1. The molecule has 0 unspecified atom stereocenters. The Balaban J connectivity index is 1.98. The number of ether oxygens (including phenoxy) is 1. The third-order valence-electron chi connectivity index (χ3n) is 3.78. The average Bonchev–Trinajstić information content (AvgIpc) is 2.47. The SMILES string of the molecule is COc1ccc(CN2CCC(C(N)=O)CC2)cc1C#N. The maximum Gasteiger partial charge on any atom is 0.220 e. The number of nitrogens with two attached hydrogens (primary N) is 1. The van der Waals surface area contributed by atoms with Crippen molar-refractivity contribution in [3.8, 4) is 11.8 Å². The van der Waals surface area contributed by atoms with Crippen molar-refractivity contribution < 1.29 is 9.53 Å². The summed E-state index contributed by atoms with van der Waals surface area (Å²) in [6.07, 6.45) is 1.63. The molecule has 0 saturated carbocycles. The fourth-order valence-electron chi connectivity index (χ4n) is 2.57. The van der Waals surface area contributed by atoms with Gasteiger partial charge in [-0.25, -0.2) is 0 Å². The highest BCUT2D eigenvalue weighted by Gasteiger charge is 2.23. The summed E-state index contributed by atoms with van der Waals surface area (Å²) in [4.78, 5) is 13.4. The zero-order chi connectivity index (χ0) is 14.5. The molecule has 1 aromatic rings. The average molecular weight is 273 g/mol. The molecule has 0 radical (unpaired) electrons. The normalized spacial score (nSPS) is 16.6. The molecule has 1 heterocycles. The first-order chi connectivity index (χ1) is 9.63. The van der Waals surface area contributed by atoms with Crippen LogP contribution in [0.5, 0.6) is 5.75 Å². The lowest BCUT2D eigenvalue weighted by Gasteiger charge is -2.30. The van der Waals surface area contributed by atoms with Gasteiger partial charge in [-0.3, -0.25) is 9.69 Å². The van der Waals surface area contributed by atoms with E-state index in [9.17, 15) is 4.79 Å². The predicted octanol–water partition coefficient (Wildman–Crippen LogP) is 1.26. The number of likely N-dealkylation sites (tertiary alicyclic amines) is 1. The molecular formula is C15H19N3O2. The minimum atomic E-state index is -0.194. The van der Waals surface area contributed by atoms with Gasteiger partial charge in [-0.05, 0) is 43.6 Å². The van der Waals surface area contributed by atoms with Gasteiger partial charge in [-0.2, -0.15) is 5.26 Å². The quantitative estimate of drug-likeness (QED) is 0.895. The summed E-state index contributed by atoms with van der Waals surface area (Å²) in [5, 5.41) is 9.08. The van der Waals surface area contributed by atoms with E-state index in [1.807, 2.05) is 18.2 Å². The summed E-state index contributed by atoms with van der Waals surface area (Å²) >= 11 is 0. The van der Waals surface area contributed by atoms with Gasteiger partial charge in [0.25, 0.3) is 0 Å². The Morgan fingerprint density at radius 2 is 2.20 bits per heavy atom. The van der Waals surface area contributed by atoms with Gasteiger partial charge >= 0.3 is 0 Å². The van der Waals surface area contributed by atoms with Crippen LogP contribution in [0, 0.1) is 17.2 Å². The summed E-state index contributed by atoms with van der Waals surface area (Å²) in [6.45, 7) is 2.51. The van der Waals surface area contributed by atoms with Crippen LogP contribution >= 0.6 is 0 Å². The Morgan fingerprint density at radius 3 is 2.75 bits per heavy atom. The van der Waals surface area contributed by atoms with Crippen molar-refractivity contribution in [2.75, 3.05) is 20.2 Å². The van der Waals surface area contributed by atoms with Crippen molar-refractivity contribution in [1.82, 2.24) is 4.90 Å². The second-order valence-corrected chi connectivity index (χ2v) is 5.10. The van der Waals surface area contributed by atoms with Crippen molar-refractivity contribution in [3.63, 3.8) is 0 Å². The molecule has 0 aromatic heterocycles. The van der Waals surface area contributed by atoms with Gasteiger partial charge in [0.2, 0.25) is 5.91 Å². The first-order valence-corrected chi connectivity index (χ1v) is 6.72. The van der Waals surface area contributed by atoms with Crippen LogP contribution in [0.1, 0.15) is 24.0 Å². The van der Waals surface area contributed by atoms with E-state index < -0.39 is 0 Å². The zero-order valence-electron chi connectivity index (χ0n) is 11.6. The lowest BCUT2D eigenvalue weighted by molar-refractivity contribution is -0.123. The van der Waals surface area contributed by atoms with Crippen LogP contribution in [0.2, 0.25) is 0 Å². The van der Waals surface area contributed by atoms with E-state index in [0.29, 0.717) is 11.3 Å². The number of piperidine rings is 1. The number of nitriles is 1. The molecule has 1 saturated heterocycles. The van der Waals surface area contributed by atoms with Crippen LogP contribution in [0.4, 0.5) is 0 Å². The smallest absolute Gasteiger partial charge is 0.220 e. The molecule has 0 aliphatic carbocycles. The zero-order valence-corrected chi connectivity index (χ0v) is 11.6. The number of nitrogens with zero attached hydrogens (tertiary/aromatic N) is 2. The summed E-state index contributed by atoms with van der Waals surface area (Å²) in [5.74, 6) is 0.418. The maximum atomic E-state index is 11.1. The van der Waals surface area contributed by atoms with Crippen LogP contribution < -0.4 is 10.5 Å². The van der Waals surface area contributed by atoms with E-state index in [2.05, 4.69) is 11.0 Å². The Kier molecular flexibility index (Phi) is 4.59. The van der Waals surface area contributed by atoms with Crippen molar-refractivity contribution >= 4 is 5.91 Å². The largest absolute Gasteiger partial charge is 0.495 e. The summed E-state index contributed by atoms with van der Waals surface area (Å²) in [5.41, 5.74) is 6.96. The van der Waals surface area contributed by atoms with Gasteiger partial charge in [-0.15, -0.1) is 0 Å². The topological polar surface area (TPSA) is 79.3 Å². The summed E-state index contributed by atoms with van der Waals surface area (Å²) in [7, 11) is 1.56. The second-order valence-electron chi connectivity index (χ2n) is 5.10. The van der Waals surface area contributed by atoms with Gasteiger partial charge < -0.3 is 10.5 Å². The summed E-state index contributed by atoms with van der Waals surface area (Å²) in [6, 6.07) is 7.80. The lowest BCUT2D eigenvalue weighted by atomic mass is 9.96. The molecule has 5 heteroatoms. The van der Waals surface area contributed by atoms with Gasteiger partial charge in [0, 0.05) is 12.5 Å². The fraction of sp³-hybridized carbons (Fsp3) is 0.467. The molecule has 1 aliphatic heterocycles. The highest BCUT2D eigenvalue weighted by molar-refractivity contribution is 5.76. The van der Waals surface area contributed by atoms with E-state index in [4.69, 9.17) is 15.7 Å². The molecule has 0 spiro atoms. The van der Waals surface area contributed by atoms with E-state index in [1.165, 1.54) is 0 Å². The monoisotopic (exact) mass is 273 g/mol. The number of amides is 1. The first kappa shape index (κ1) is 14.4. The highest BCUT2D eigenvalue weighted by atomic mass is 16.5. The maximum absolute atomic E-state index is 11.1. The van der Waals surface area contributed by atoms with Crippen molar-refractivity contribution in [2.45, 2.75) is 19.4 Å². The van der Waals surface area contributed by atoms with Crippen LogP contribution in [-0.4, -0.2) is 31.0 Å². The predicted molar refractivity (Wildman–Crippen MR) is 74.9 cm³/mol. The van der Waals surface area contributed by atoms with Crippen LogP contribution in [-0.2, 0) is 11.3 Å². The molecule has 0 bridgehead atoms. The van der Waals surface area contributed by atoms with E-state index in [0.717, 1.165) is 38.0 Å². The lowest BCUT2D eigenvalue weighted by Crippen LogP contribution is -2.38. The molecule has 5 nitrogen and oxygen atoms in total. The molecule has 1 fully saturated rings. The van der Waals surface area contributed by atoms with Crippen molar-refractivity contribution in [3.05, 3.63) is 29.3 Å². The number of hydrogen-bond donors (Lipinski definition) is 1. The van der Waals surface area contributed by atoms with Gasteiger partial charge in [0.05, 0.1) is 12.7 Å². The number of benzene rings is 1. The number of rotatable bonds is 4. The molecule has 1 amide bonds. The second kappa shape index (κ2) is 6.40. The fourth-order valence-corrected chi connectivity index (χ4v) is 2.57. The Bertz CT molecular complexity index is 528. The molecule has 0 atom stereocenters. The van der Waals surface area contributed by atoms with E-state index in [-0.39, 0.29) is 11.8 Å². The Labute approximate surface area is 118 Å². The molecule has 20 heavy (non-hydrogen) atoms. The number of carbonyl (C=O) groups excluding carboxylic acids is 1. The van der Waals surface area contributed by atoms with E-state index in [1.54, 1.807) is 7.11 Å². The van der Waals surface area contributed by atoms with Crippen molar-refractivity contribution in [1.29, 1.82) is 5.26 Å². The summed E-state index contributed by atoms with van der Waals surface area (Å²) < 4.78 is 5.13. The third kappa shape index (κ3) is 3.28. The molecule has 106 valence electrons. The van der Waals surface area contributed by atoms with Gasteiger partial charge in [0.15, 0.2) is 0 Å². The standard InChI is InChI=1S/C15H19N3O2/c1-20-14-3-2-11(8-13(14)9-16)10-18-6-4-12(5-7-18)15(17)19/h2-3,8,12H,4-7,10H2,1H3,(H2,17,19). The Morgan fingerprint density at radius 1 is 1.50 bits per heavy atom. The first-order valence-electron chi connectivity index (χ1n) is 6.72. The number of primary amides is 1. The number of carbonyl (C=O) groups is 1. The van der Waals surface area contributed by atoms with Gasteiger partial charge in [0.1, 0.15) is 11.8 Å². The molecular weight excluding hydrogens is 254 g/mol. The van der Waals surface area contributed by atoms with Crippen LogP contribution in [0.25, 0.3) is 0 Å². The van der Waals surface area contributed by atoms with Gasteiger partial charge in [-0.1, -0.05) is 6.07 Å². The van der Waals surface area contributed by atoms with E-state index >= 15 is 0 Å².